The molecule has 0 saturated carbocycles. The molecular weight excluding hydrogens is 596 g/mol. The second kappa shape index (κ2) is 11.2. The number of halogens is 2. The summed E-state index contributed by atoms with van der Waals surface area (Å²) in [7, 11) is 0. The Balaban J connectivity index is 1.15. The van der Waals surface area contributed by atoms with Crippen molar-refractivity contribution in [3.8, 4) is 11.3 Å². The number of carbonyl (C=O) groups excluding carboxylic acids is 1. The third kappa shape index (κ3) is 5.37. The van der Waals surface area contributed by atoms with E-state index in [0.717, 1.165) is 64.0 Å². The van der Waals surface area contributed by atoms with E-state index in [4.69, 9.17) is 16.7 Å². The van der Waals surface area contributed by atoms with E-state index >= 15 is 0 Å². The van der Waals surface area contributed by atoms with E-state index in [1.165, 1.54) is 0 Å². The van der Waals surface area contributed by atoms with E-state index in [-0.39, 0.29) is 17.6 Å². The van der Waals surface area contributed by atoms with Crippen LogP contribution in [0.15, 0.2) is 51.7 Å². The van der Waals surface area contributed by atoms with Gasteiger partial charge in [0.1, 0.15) is 0 Å². The third-order valence-electron chi connectivity index (χ3n) is 8.15. The lowest BCUT2D eigenvalue weighted by molar-refractivity contribution is -0.129. The van der Waals surface area contributed by atoms with Crippen LogP contribution in [-0.4, -0.2) is 72.4 Å². The molecule has 2 aliphatic rings. The van der Waals surface area contributed by atoms with Gasteiger partial charge in [-0.15, -0.1) is 0 Å². The maximum absolute atomic E-state index is 12.7. The molecule has 0 spiro atoms. The minimum atomic E-state index is -0.598. The Hall–Kier alpha value is -2.92. The lowest BCUT2D eigenvalue weighted by Crippen LogP contribution is -2.42. The molecule has 1 fully saturated rings. The predicted molar refractivity (Wildman–Crippen MR) is 158 cm³/mol. The number of amides is 1. The quantitative estimate of drug-likeness (QED) is 0.334. The van der Waals surface area contributed by atoms with Crippen molar-refractivity contribution < 1.29 is 9.90 Å². The number of aliphatic hydroxyl groups is 1. The third-order valence-corrected chi connectivity index (χ3v) is 8.92. The molecule has 0 aliphatic carbocycles. The molecule has 1 atom stereocenters. The Morgan fingerprint density at radius 3 is 2.62 bits per heavy atom. The molecule has 6 rings (SSSR count). The largest absolute Gasteiger partial charge is 0.390 e. The molecule has 1 amide bonds. The molecule has 4 heterocycles. The van der Waals surface area contributed by atoms with E-state index in [0.29, 0.717) is 37.6 Å². The van der Waals surface area contributed by atoms with Crippen molar-refractivity contribution in [2.45, 2.75) is 51.4 Å². The number of hydrogen-bond donors (Lipinski definition) is 2. The molecular formula is C29H32BrClN6O3. The molecule has 1 unspecified atom stereocenters. The fraction of sp³-hybridized carbons (Fsp3) is 0.414. The van der Waals surface area contributed by atoms with Crippen LogP contribution in [0.1, 0.15) is 37.1 Å². The molecule has 4 aromatic rings. The summed E-state index contributed by atoms with van der Waals surface area (Å²) in [6, 6.07) is 13.6. The number of nitrogens with zero attached hydrogens (tertiary/aromatic N) is 5. The van der Waals surface area contributed by atoms with Gasteiger partial charge in [-0.05, 0) is 43.2 Å². The van der Waals surface area contributed by atoms with Crippen LogP contribution >= 0.6 is 27.5 Å². The summed E-state index contributed by atoms with van der Waals surface area (Å²) in [6.45, 7) is 5.27. The number of benzene rings is 2. The SMILES string of the molecule is CC(=O)N1CCc2c(c(-c3ccc(Br)cc3)nn2CC(O)CN2CCC(n3c(=O)[nH]c4ccc(Cl)cc43)CC2)C1. The lowest BCUT2D eigenvalue weighted by Gasteiger charge is -2.33. The number of aliphatic hydroxyl groups excluding tert-OH is 1. The van der Waals surface area contributed by atoms with Gasteiger partial charge in [-0.2, -0.15) is 5.10 Å². The van der Waals surface area contributed by atoms with Gasteiger partial charge in [0.2, 0.25) is 5.91 Å². The predicted octanol–water partition coefficient (Wildman–Crippen LogP) is 4.21. The average molecular weight is 628 g/mol. The summed E-state index contributed by atoms with van der Waals surface area (Å²) in [5.41, 5.74) is 5.53. The molecule has 0 bridgehead atoms. The summed E-state index contributed by atoms with van der Waals surface area (Å²) >= 11 is 9.70. The van der Waals surface area contributed by atoms with Gasteiger partial charge in [0.05, 0.1) is 29.4 Å². The Kier molecular flexibility index (Phi) is 7.60. The van der Waals surface area contributed by atoms with E-state index in [2.05, 4.69) is 25.8 Å². The second-order valence-corrected chi connectivity index (χ2v) is 12.2. The van der Waals surface area contributed by atoms with Gasteiger partial charge in [-0.3, -0.25) is 14.0 Å². The Morgan fingerprint density at radius 2 is 1.90 bits per heavy atom. The molecule has 1 saturated heterocycles. The molecule has 2 aromatic heterocycles. The Labute approximate surface area is 245 Å². The van der Waals surface area contributed by atoms with Gasteiger partial charge in [-0.25, -0.2) is 4.79 Å². The number of aromatic amines is 1. The number of aromatic nitrogens is 4. The number of imidazole rings is 1. The van der Waals surface area contributed by atoms with Gasteiger partial charge >= 0.3 is 5.69 Å². The van der Waals surface area contributed by atoms with Crippen LogP contribution < -0.4 is 5.69 Å². The van der Waals surface area contributed by atoms with Crippen molar-refractivity contribution in [1.29, 1.82) is 0 Å². The highest BCUT2D eigenvalue weighted by atomic mass is 79.9. The molecule has 40 heavy (non-hydrogen) atoms. The van der Waals surface area contributed by atoms with Crippen LogP contribution in [-0.2, 0) is 24.3 Å². The number of rotatable bonds is 6. The topological polar surface area (TPSA) is 99.4 Å². The summed E-state index contributed by atoms with van der Waals surface area (Å²) in [4.78, 5) is 31.9. The number of fused-ring (bicyclic) bond motifs is 2. The maximum atomic E-state index is 12.7. The minimum absolute atomic E-state index is 0.0570. The van der Waals surface area contributed by atoms with Gasteiger partial charge in [0, 0.05) is 78.4 Å². The van der Waals surface area contributed by atoms with Gasteiger partial charge in [0.25, 0.3) is 0 Å². The maximum Gasteiger partial charge on any atom is 0.326 e. The van der Waals surface area contributed by atoms with Crippen molar-refractivity contribution in [1.82, 2.24) is 29.1 Å². The fourth-order valence-corrected chi connectivity index (χ4v) is 6.55. The van der Waals surface area contributed by atoms with Crippen molar-refractivity contribution in [2.24, 2.45) is 0 Å². The number of β-amino-alcohol motifs (C(OH)–C–C–N with tert-alkyl or cyclic N) is 1. The summed E-state index contributed by atoms with van der Waals surface area (Å²) in [5.74, 6) is 0.0570. The zero-order valence-electron chi connectivity index (χ0n) is 22.3. The summed E-state index contributed by atoms with van der Waals surface area (Å²) < 4.78 is 4.77. The number of nitrogens with one attached hydrogen (secondary N) is 1. The van der Waals surface area contributed by atoms with E-state index < -0.39 is 6.10 Å². The van der Waals surface area contributed by atoms with Crippen LogP contribution in [0.4, 0.5) is 0 Å². The Morgan fingerprint density at radius 1 is 1.15 bits per heavy atom. The van der Waals surface area contributed by atoms with Crippen LogP contribution in [0.5, 0.6) is 0 Å². The number of carbonyl (C=O) groups is 1. The zero-order valence-corrected chi connectivity index (χ0v) is 24.7. The van der Waals surface area contributed by atoms with E-state index in [1.807, 2.05) is 50.5 Å². The van der Waals surface area contributed by atoms with Crippen molar-refractivity contribution >= 4 is 44.5 Å². The smallest absolute Gasteiger partial charge is 0.326 e. The van der Waals surface area contributed by atoms with E-state index in [9.17, 15) is 14.7 Å². The van der Waals surface area contributed by atoms with Gasteiger partial charge in [-0.1, -0.05) is 39.7 Å². The molecule has 210 valence electrons. The van der Waals surface area contributed by atoms with Crippen molar-refractivity contribution in [3.05, 3.63) is 73.7 Å². The first kappa shape index (κ1) is 27.3. The average Bonchev–Trinajstić information content (AvgIpc) is 3.45. The van der Waals surface area contributed by atoms with Crippen molar-refractivity contribution in [3.63, 3.8) is 0 Å². The number of likely N-dealkylation sites (tertiary alicyclic amines) is 1. The number of piperidine rings is 1. The van der Waals surface area contributed by atoms with Crippen molar-refractivity contribution in [2.75, 3.05) is 26.2 Å². The van der Waals surface area contributed by atoms with Crippen LogP contribution in [0, 0.1) is 0 Å². The van der Waals surface area contributed by atoms with E-state index in [1.54, 1.807) is 13.0 Å². The van der Waals surface area contributed by atoms with Crippen LogP contribution in [0.3, 0.4) is 0 Å². The second-order valence-electron chi connectivity index (χ2n) is 10.8. The first-order valence-electron chi connectivity index (χ1n) is 13.7. The van der Waals surface area contributed by atoms with Crippen LogP contribution in [0.25, 0.3) is 22.3 Å². The van der Waals surface area contributed by atoms with Gasteiger partial charge in [0.15, 0.2) is 0 Å². The molecule has 11 heteroatoms. The highest BCUT2D eigenvalue weighted by molar-refractivity contribution is 9.10. The normalized spacial score (nSPS) is 17.4. The molecule has 2 N–H and O–H groups in total. The standard InChI is InChI=1S/C29H32BrClN6O3/c1-18(38)35-13-10-26-24(17-35)28(19-2-4-20(30)5-3-19)33-36(26)16-23(39)15-34-11-8-22(9-12-34)37-27-14-21(31)6-7-25(27)32-29(37)40/h2-7,14,22-23,39H,8-13,15-17H2,1H3,(H,32,40). The Bertz CT molecular complexity index is 1600. The fourth-order valence-electron chi connectivity index (χ4n) is 6.12. The van der Waals surface area contributed by atoms with Crippen LogP contribution in [0.2, 0.25) is 5.02 Å². The molecule has 0 radical (unpaired) electrons. The lowest BCUT2D eigenvalue weighted by atomic mass is 10.0. The first-order chi connectivity index (χ1) is 19.3. The highest BCUT2D eigenvalue weighted by Gasteiger charge is 2.29. The molecule has 9 nitrogen and oxygen atoms in total. The minimum Gasteiger partial charge on any atom is -0.390 e. The number of H-pyrrole nitrogens is 1. The molecule has 2 aliphatic heterocycles. The zero-order chi connectivity index (χ0) is 28.0. The highest BCUT2D eigenvalue weighted by Crippen LogP contribution is 2.32. The number of hydrogen-bond acceptors (Lipinski definition) is 5. The summed E-state index contributed by atoms with van der Waals surface area (Å²) in [5, 5.41) is 16.7. The monoisotopic (exact) mass is 626 g/mol. The summed E-state index contributed by atoms with van der Waals surface area (Å²) in [6.07, 6.45) is 1.74. The van der Waals surface area contributed by atoms with Gasteiger partial charge < -0.3 is 19.9 Å². The first-order valence-corrected chi connectivity index (χ1v) is 14.8. The molecule has 2 aromatic carbocycles.